The van der Waals surface area contributed by atoms with Crippen LogP contribution in [0.15, 0.2) is 18.2 Å². The molecule has 0 amide bonds. The Morgan fingerprint density at radius 2 is 2.00 bits per heavy atom. The van der Waals surface area contributed by atoms with Crippen molar-refractivity contribution in [3.05, 3.63) is 33.8 Å². The van der Waals surface area contributed by atoms with Crippen LogP contribution >= 0.6 is 23.2 Å². The Morgan fingerprint density at radius 1 is 1.29 bits per heavy atom. The van der Waals surface area contributed by atoms with Crippen LogP contribution in [0.25, 0.3) is 0 Å². The van der Waals surface area contributed by atoms with Crippen molar-refractivity contribution in [1.82, 2.24) is 0 Å². The Morgan fingerprint density at radius 3 is 2.71 bits per heavy atom. The van der Waals surface area contributed by atoms with Crippen LogP contribution < -0.4 is 5.73 Å². The predicted molar refractivity (Wildman–Crippen MR) is 68.5 cm³/mol. The molecule has 1 atom stereocenters. The van der Waals surface area contributed by atoms with E-state index in [1.807, 2.05) is 12.1 Å². The monoisotopic (exact) mass is 275 g/mol. The predicted octanol–water partition coefficient (Wildman–Crippen LogP) is 2.63. The van der Waals surface area contributed by atoms with Gasteiger partial charge in [0.2, 0.25) is 0 Å². The second-order valence-corrected chi connectivity index (χ2v) is 4.87. The summed E-state index contributed by atoms with van der Waals surface area (Å²) < 4.78 is 10.7. The molecule has 1 aliphatic rings. The van der Waals surface area contributed by atoms with E-state index >= 15 is 0 Å². The van der Waals surface area contributed by atoms with E-state index in [0.717, 1.165) is 5.56 Å². The summed E-state index contributed by atoms with van der Waals surface area (Å²) in [5.41, 5.74) is 7.01. The van der Waals surface area contributed by atoms with Crippen molar-refractivity contribution >= 4 is 23.2 Å². The minimum absolute atomic E-state index is 0.0472. The zero-order chi connectivity index (χ0) is 12.3. The van der Waals surface area contributed by atoms with E-state index in [4.69, 9.17) is 38.4 Å². The fourth-order valence-electron chi connectivity index (χ4n) is 1.86. The minimum Gasteiger partial charge on any atom is -0.350 e. The quantitative estimate of drug-likeness (QED) is 0.919. The molecule has 0 bridgehead atoms. The van der Waals surface area contributed by atoms with Gasteiger partial charge in [0.25, 0.3) is 0 Å². The SMILES string of the molecule is NC(Cc1cccc(Cl)c1Cl)CC1OCCO1. The van der Waals surface area contributed by atoms with Gasteiger partial charge in [0, 0.05) is 12.5 Å². The Hall–Kier alpha value is -0.320. The fourth-order valence-corrected chi connectivity index (χ4v) is 2.26. The largest absolute Gasteiger partial charge is 0.350 e. The second kappa shape index (κ2) is 6.03. The van der Waals surface area contributed by atoms with Crippen LogP contribution in [0, 0.1) is 0 Å². The van der Waals surface area contributed by atoms with Gasteiger partial charge in [-0.05, 0) is 18.1 Å². The summed E-state index contributed by atoms with van der Waals surface area (Å²) in [4.78, 5) is 0. The summed E-state index contributed by atoms with van der Waals surface area (Å²) in [6.07, 6.45) is 1.16. The molecular formula is C12H15Cl2NO2. The lowest BCUT2D eigenvalue weighted by atomic mass is 10.0. The van der Waals surface area contributed by atoms with Crippen molar-refractivity contribution in [2.24, 2.45) is 5.73 Å². The van der Waals surface area contributed by atoms with Crippen LogP contribution in [0.5, 0.6) is 0 Å². The average molecular weight is 276 g/mol. The highest BCUT2D eigenvalue weighted by atomic mass is 35.5. The Labute approximate surface area is 111 Å². The molecule has 17 heavy (non-hydrogen) atoms. The molecule has 5 heteroatoms. The third-order valence-corrected chi connectivity index (χ3v) is 3.56. The summed E-state index contributed by atoms with van der Waals surface area (Å²) in [6.45, 7) is 1.30. The highest BCUT2D eigenvalue weighted by Gasteiger charge is 2.20. The number of ether oxygens (including phenoxy) is 2. The average Bonchev–Trinajstić information content (AvgIpc) is 2.77. The van der Waals surface area contributed by atoms with Gasteiger partial charge < -0.3 is 15.2 Å². The zero-order valence-corrected chi connectivity index (χ0v) is 10.9. The van der Waals surface area contributed by atoms with Crippen molar-refractivity contribution in [3.8, 4) is 0 Å². The lowest BCUT2D eigenvalue weighted by Crippen LogP contribution is -2.28. The molecule has 2 N–H and O–H groups in total. The summed E-state index contributed by atoms with van der Waals surface area (Å²) in [5, 5.41) is 1.14. The van der Waals surface area contributed by atoms with Gasteiger partial charge in [-0.25, -0.2) is 0 Å². The van der Waals surface area contributed by atoms with E-state index in [1.54, 1.807) is 6.07 Å². The summed E-state index contributed by atoms with van der Waals surface area (Å²) in [5.74, 6) is 0. The maximum absolute atomic E-state index is 6.10. The van der Waals surface area contributed by atoms with Crippen LogP contribution in [0.4, 0.5) is 0 Å². The molecule has 0 aliphatic carbocycles. The summed E-state index contributed by atoms with van der Waals surface area (Å²) >= 11 is 12.0. The molecule has 3 nitrogen and oxygen atoms in total. The molecule has 1 saturated heterocycles. The smallest absolute Gasteiger partial charge is 0.159 e. The lowest BCUT2D eigenvalue weighted by Gasteiger charge is -2.16. The molecule has 2 rings (SSSR count). The first-order chi connectivity index (χ1) is 8.16. The normalized spacial score (nSPS) is 18.5. The molecule has 0 saturated carbocycles. The van der Waals surface area contributed by atoms with Crippen LogP contribution in [0.3, 0.4) is 0 Å². The van der Waals surface area contributed by atoms with E-state index in [9.17, 15) is 0 Å². The van der Waals surface area contributed by atoms with Crippen molar-refractivity contribution in [1.29, 1.82) is 0 Å². The molecular weight excluding hydrogens is 261 g/mol. The Bertz CT molecular complexity index is 381. The van der Waals surface area contributed by atoms with E-state index in [0.29, 0.717) is 36.1 Å². The first-order valence-corrected chi connectivity index (χ1v) is 6.34. The summed E-state index contributed by atoms with van der Waals surface area (Å²) in [7, 11) is 0. The Balaban J connectivity index is 1.93. The maximum Gasteiger partial charge on any atom is 0.159 e. The number of rotatable bonds is 4. The van der Waals surface area contributed by atoms with Crippen LogP contribution in [0.1, 0.15) is 12.0 Å². The van der Waals surface area contributed by atoms with Gasteiger partial charge in [0.15, 0.2) is 6.29 Å². The van der Waals surface area contributed by atoms with Crippen molar-refractivity contribution in [2.45, 2.75) is 25.2 Å². The van der Waals surface area contributed by atoms with Crippen molar-refractivity contribution < 1.29 is 9.47 Å². The van der Waals surface area contributed by atoms with E-state index in [2.05, 4.69) is 0 Å². The fraction of sp³-hybridized carbons (Fsp3) is 0.500. The van der Waals surface area contributed by atoms with Crippen molar-refractivity contribution in [3.63, 3.8) is 0 Å². The zero-order valence-electron chi connectivity index (χ0n) is 9.36. The van der Waals surface area contributed by atoms with Gasteiger partial charge in [-0.3, -0.25) is 0 Å². The van der Waals surface area contributed by atoms with E-state index in [1.165, 1.54) is 0 Å². The maximum atomic E-state index is 6.10. The molecule has 1 heterocycles. The first-order valence-electron chi connectivity index (χ1n) is 5.58. The van der Waals surface area contributed by atoms with Crippen molar-refractivity contribution in [2.75, 3.05) is 13.2 Å². The molecule has 0 spiro atoms. The highest BCUT2D eigenvalue weighted by molar-refractivity contribution is 6.42. The Kier molecular flexibility index (Phi) is 4.65. The molecule has 1 aromatic carbocycles. The molecule has 1 aromatic rings. The van der Waals surface area contributed by atoms with Crippen LogP contribution in [-0.4, -0.2) is 25.5 Å². The van der Waals surface area contributed by atoms with Gasteiger partial charge in [0.05, 0.1) is 23.3 Å². The molecule has 0 radical (unpaired) electrons. The minimum atomic E-state index is -0.178. The number of halogens is 2. The molecule has 1 fully saturated rings. The van der Waals surface area contributed by atoms with Gasteiger partial charge in [0.1, 0.15) is 0 Å². The molecule has 0 aromatic heterocycles. The topological polar surface area (TPSA) is 44.5 Å². The second-order valence-electron chi connectivity index (χ2n) is 4.08. The number of benzene rings is 1. The molecule has 1 aliphatic heterocycles. The molecule has 94 valence electrons. The molecule has 1 unspecified atom stereocenters. The number of hydrogen-bond donors (Lipinski definition) is 1. The number of hydrogen-bond acceptors (Lipinski definition) is 3. The lowest BCUT2D eigenvalue weighted by molar-refractivity contribution is -0.0504. The van der Waals surface area contributed by atoms with Crippen LogP contribution in [0.2, 0.25) is 10.0 Å². The van der Waals surface area contributed by atoms with E-state index in [-0.39, 0.29) is 12.3 Å². The number of nitrogens with two attached hydrogens (primary N) is 1. The van der Waals surface area contributed by atoms with Gasteiger partial charge in [-0.15, -0.1) is 0 Å². The first kappa shape index (κ1) is 13.1. The van der Waals surface area contributed by atoms with Gasteiger partial charge in [-0.1, -0.05) is 35.3 Å². The third kappa shape index (κ3) is 3.57. The third-order valence-electron chi connectivity index (χ3n) is 2.70. The van der Waals surface area contributed by atoms with Gasteiger partial charge >= 0.3 is 0 Å². The van der Waals surface area contributed by atoms with E-state index < -0.39 is 0 Å². The summed E-state index contributed by atoms with van der Waals surface area (Å²) in [6, 6.07) is 5.53. The highest BCUT2D eigenvalue weighted by Crippen LogP contribution is 2.26. The van der Waals surface area contributed by atoms with Gasteiger partial charge in [-0.2, -0.15) is 0 Å². The standard InChI is InChI=1S/C12H15Cl2NO2/c13-10-3-1-2-8(12(10)14)6-9(15)7-11-16-4-5-17-11/h1-3,9,11H,4-7,15H2. The van der Waals surface area contributed by atoms with Crippen LogP contribution in [-0.2, 0) is 15.9 Å².